The van der Waals surface area contributed by atoms with Crippen LogP contribution in [-0.2, 0) is 16.2 Å². The third-order valence-electron chi connectivity index (χ3n) is 1.15. The molecule has 0 saturated heterocycles. The summed E-state index contributed by atoms with van der Waals surface area (Å²) in [7, 11) is -5.92. The molecule has 0 atom stereocenters. The summed E-state index contributed by atoms with van der Waals surface area (Å²) in [6.45, 7) is 0. The zero-order valence-electron chi connectivity index (χ0n) is 7.24. The van der Waals surface area contributed by atoms with E-state index in [1.165, 1.54) is 0 Å². The Kier molecular flexibility index (Phi) is 3.26. The van der Waals surface area contributed by atoms with Crippen molar-refractivity contribution < 1.29 is 34.8 Å². The predicted molar refractivity (Wildman–Crippen MR) is 42.9 cm³/mol. The van der Waals surface area contributed by atoms with Crippen LogP contribution in [0.2, 0.25) is 0 Å². The summed E-state index contributed by atoms with van der Waals surface area (Å²) in [4.78, 5) is 0. The van der Waals surface area contributed by atoms with E-state index in [9.17, 15) is 34.8 Å². The number of hydrogen-bond acceptors (Lipinski definition) is 5. The van der Waals surface area contributed by atoms with Crippen molar-refractivity contribution in [2.45, 2.75) is 11.7 Å². The minimum Gasteiger partial charge on any atom is -0.341 e. The molecule has 0 aliphatic carbocycles. The second kappa shape index (κ2) is 3.97. The minimum atomic E-state index is -5.92. The molecule has 1 heterocycles. The maximum absolute atomic E-state index is 12.0. The fourth-order valence-corrected chi connectivity index (χ4v) is 1.76. The first-order chi connectivity index (χ1) is 7.43. The molecule has 1 aromatic heterocycles. The summed E-state index contributed by atoms with van der Waals surface area (Å²) in [5.74, 6) is 0. The van der Waals surface area contributed by atoms with Gasteiger partial charge >= 0.3 is 11.7 Å². The first-order valence-electron chi connectivity index (χ1n) is 3.38. The quantitative estimate of drug-likeness (QED) is 0.786. The van der Waals surface area contributed by atoms with E-state index in [-0.39, 0.29) is 0 Å². The predicted octanol–water partition coefficient (Wildman–Crippen LogP) is 2.41. The van der Waals surface area contributed by atoms with Gasteiger partial charge in [-0.25, -0.2) is 13.5 Å². The Balaban J connectivity index is 2.96. The number of halogens is 6. The molecule has 0 aliphatic heterocycles. The van der Waals surface area contributed by atoms with E-state index in [4.69, 9.17) is 0 Å². The highest BCUT2D eigenvalue weighted by Gasteiger charge is 2.43. The molecule has 0 saturated carbocycles. The van der Waals surface area contributed by atoms with Crippen LogP contribution in [0.15, 0.2) is 0 Å². The van der Waals surface area contributed by atoms with E-state index in [0.29, 0.717) is 0 Å². The average molecular weight is 300 g/mol. The fourth-order valence-electron chi connectivity index (χ4n) is 0.521. The molecular weight excluding hydrogens is 300 g/mol. The highest BCUT2D eigenvalue weighted by atomic mass is 32.2. The van der Waals surface area contributed by atoms with Crippen molar-refractivity contribution in [2.24, 2.45) is 0 Å². The zero-order chi connectivity index (χ0) is 13.5. The lowest BCUT2D eigenvalue weighted by Gasteiger charge is -2.13. The smallest absolute Gasteiger partial charge is 0.341 e. The van der Waals surface area contributed by atoms with Gasteiger partial charge < -0.3 is 9.82 Å². The van der Waals surface area contributed by atoms with Gasteiger partial charge in [0.2, 0.25) is 0 Å². The molecule has 0 amide bonds. The molecule has 1 rings (SSSR count). The number of nitrogens with zero attached hydrogens (tertiary/aromatic N) is 3. The van der Waals surface area contributed by atoms with Crippen LogP contribution in [0.5, 0.6) is 0 Å². The summed E-state index contributed by atoms with van der Waals surface area (Å²) < 4.78 is 94.3. The molecule has 1 aromatic rings. The van der Waals surface area contributed by atoms with E-state index in [0.717, 1.165) is 0 Å². The highest BCUT2D eigenvalue weighted by molar-refractivity contribution is 7.95. The molecule has 0 aliphatic rings. The highest BCUT2D eigenvalue weighted by Crippen LogP contribution is 2.39. The topological polar surface area (TPSA) is 74.0 Å². The first-order valence-corrected chi connectivity index (χ1v) is 5.64. The monoisotopic (exact) mass is 300 g/mol. The molecule has 98 valence electrons. The molecule has 0 N–H and O–H groups in total. The van der Waals surface area contributed by atoms with Crippen molar-refractivity contribution in [3.8, 4) is 0 Å². The van der Waals surface area contributed by atoms with Gasteiger partial charge in [0, 0.05) is 5.13 Å². The SMILES string of the molecule is O=S(=O)([N-]c1nnc(C(F)(F)F)s1)C(F)(F)F. The fraction of sp³-hybridized carbons (Fsp3) is 0.500. The van der Waals surface area contributed by atoms with Gasteiger partial charge in [0.1, 0.15) is 0 Å². The van der Waals surface area contributed by atoms with Crippen LogP contribution in [0.3, 0.4) is 0 Å². The molecule has 13 heteroatoms. The summed E-state index contributed by atoms with van der Waals surface area (Å²) >= 11 is -0.410. The number of hydrogen-bond donors (Lipinski definition) is 0. The maximum Gasteiger partial charge on any atom is 0.499 e. The lowest BCUT2D eigenvalue weighted by atomic mass is 10.7. The molecule has 17 heavy (non-hydrogen) atoms. The first kappa shape index (κ1) is 14.0. The molecule has 0 unspecified atom stereocenters. The van der Waals surface area contributed by atoms with Gasteiger partial charge in [-0.3, -0.25) is 0 Å². The molecule has 0 aromatic carbocycles. The Bertz CT molecular complexity index is 502. The van der Waals surface area contributed by atoms with Crippen molar-refractivity contribution in [3.05, 3.63) is 9.73 Å². The average Bonchev–Trinajstić information content (AvgIpc) is 2.48. The minimum absolute atomic E-state index is 0.410. The summed E-state index contributed by atoms with van der Waals surface area (Å²) in [6.07, 6.45) is -4.92. The van der Waals surface area contributed by atoms with Crippen molar-refractivity contribution >= 4 is 26.5 Å². The number of alkyl halides is 6. The van der Waals surface area contributed by atoms with Crippen molar-refractivity contribution in [3.63, 3.8) is 0 Å². The van der Waals surface area contributed by atoms with Crippen molar-refractivity contribution in [2.75, 3.05) is 0 Å². The lowest BCUT2D eigenvalue weighted by Crippen LogP contribution is -2.20. The van der Waals surface area contributed by atoms with Crippen LogP contribution in [0.25, 0.3) is 4.72 Å². The summed E-state index contributed by atoms with van der Waals surface area (Å²) in [6, 6.07) is 0. The third kappa shape index (κ3) is 3.18. The Labute approximate surface area is 93.5 Å². The van der Waals surface area contributed by atoms with Gasteiger partial charge in [-0.05, 0) is 0 Å². The second-order valence-corrected chi connectivity index (χ2v) is 4.95. The zero-order valence-corrected chi connectivity index (χ0v) is 8.88. The van der Waals surface area contributed by atoms with E-state index in [2.05, 4.69) is 14.9 Å². The lowest BCUT2D eigenvalue weighted by molar-refractivity contribution is -0.138. The molecule has 0 spiro atoms. The molecular formula is C4F6N3O2S2-. The van der Waals surface area contributed by atoms with E-state index in [1.807, 2.05) is 0 Å². The molecule has 5 nitrogen and oxygen atoms in total. The van der Waals surface area contributed by atoms with Gasteiger partial charge in [-0.1, -0.05) is 0 Å². The number of rotatable bonds is 2. The number of aromatic nitrogens is 2. The van der Waals surface area contributed by atoms with Crippen LogP contribution in [0.4, 0.5) is 31.5 Å². The standard InChI is InChI=1S/C4F6N3O2S2/c5-3(6,7)1-11-12-2(16-1)13-17(14,15)4(8,9)10/q-1. The van der Waals surface area contributed by atoms with Crippen LogP contribution in [0, 0.1) is 0 Å². The Morgan fingerprint density at radius 1 is 1.06 bits per heavy atom. The Morgan fingerprint density at radius 3 is 1.94 bits per heavy atom. The van der Waals surface area contributed by atoms with Gasteiger partial charge in [0.05, 0.1) is 0 Å². The number of sulfonamides is 1. The normalized spacial score (nSPS) is 13.8. The van der Waals surface area contributed by atoms with Crippen LogP contribution in [-0.4, -0.2) is 24.1 Å². The largest absolute Gasteiger partial charge is 0.499 e. The molecule has 0 fully saturated rings. The Hall–Kier alpha value is -1.11. The van der Waals surface area contributed by atoms with E-state index >= 15 is 0 Å². The van der Waals surface area contributed by atoms with Crippen LogP contribution >= 0.6 is 11.3 Å². The van der Waals surface area contributed by atoms with Crippen molar-refractivity contribution in [1.82, 2.24) is 10.2 Å². The molecule has 0 bridgehead atoms. The maximum atomic E-state index is 12.0. The van der Waals surface area contributed by atoms with E-state index in [1.54, 1.807) is 0 Å². The second-order valence-electron chi connectivity index (χ2n) is 2.40. The van der Waals surface area contributed by atoms with Crippen LogP contribution in [0.1, 0.15) is 5.01 Å². The van der Waals surface area contributed by atoms with Gasteiger partial charge in [-0.15, -0.1) is 11.3 Å². The molecule has 0 radical (unpaired) electrons. The summed E-state index contributed by atoms with van der Waals surface area (Å²) in [5, 5.41) is 2.23. The van der Waals surface area contributed by atoms with Gasteiger partial charge in [0.15, 0.2) is 5.01 Å². The van der Waals surface area contributed by atoms with Gasteiger partial charge in [0.25, 0.3) is 10.0 Å². The summed E-state index contributed by atoms with van der Waals surface area (Å²) in [5.41, 5.74) is -5.70. The van der Waals surface area contributed by atoms with E-state index < -0.39 is 43.2 Å². The van der Waals surface area contributed by atoms with Crippen molar-refractivity contribution in [1.29, 1.82) is 0 Å². The third-order valence-corrected chi connectivity index (χ3v) is 3.12. The van der Waals surface area contributed by atoms with Gasteiger partial charge in [-0.2, -0.15) is 26.3 Å². The Morgan fingerprint density at radius 2 is 1.59 bits per heavy atom. The van der Waals surface area contributed by atoms with Crippen LogP contribution < -0.4 is 0 Å².